The third-order valence-corrected chi connectivity index (χ3v) is 3.04. The van der Waals surface area contributed by atoms with Crippen LogP contribution in [0.25, 0.3) is 0 Å². The lowest BCUT2D eigenvalue weighted by molar-refractivity contribution is 0.00786. The summed E-state index contributed by atoms with van der Waals surface area (Å²) in [4.78, 5) is 9.61. The highest BCUT2D eigenvalue weighted by Crippen LogP contribution is 2.37. The van der Waals surface area contributed by atoms with Crippen molar-refractivity contribution in [1.29, 1.82) is 5.26 Å². The molecule has 0 saturated heterocycles. The van der Waals surface area contributed by atoms with Gasteiger partial charge in [-0.1, -0.05) is 0 Å². The zero-order chi connectivity index (χ0) is 12.5. The van der Waals surface area contributed by atoms with Crippen LogP contribution in [0.4, 0.5) is 14.6 Å². The molecular formula is C11H12F2N4. The molecule has 6 heteroatoms. The molecule has 17 heavy (non-hydrogen) atoms. The van der Waals surface area contributed by atoms with Gasteiger partial charge in [-0.15, -0.1) is 0 Å². The largest absolute Gasteiger partial charge is 0.355 e. The fourth-order valence-corrected chi connectivity index (χ4v) is 2.01. The summed E-state index contributed by atoms with van der Waals surface area (Å²) >= 11 is 0. The Morgan fingerprint density at radius 3 is 2.71 bits per heavy atom. The van der Waals surface area contributed by atoms with Crippen molar-refractivity contribution in [2.24, 2.45) is 0 Å². The summed E-state index contributed by atoms with van der Waals surface area (Å²) in [5, 5.41) is 8.58. The zero-order valence-electron chi connectivity index (χ0n) is 9.40. The fourth-order valence-electron chi connectivity index (χ4n) is 2.01. The van der Waals surface area contributed by atoms with Crippen LogP contribution in [0.2, 0.25) is 0 Å². The molecule has 1 aromatic heterocycles. The number of aromatic nitrogens is 2. The second kappa shape index (κ2) is 4.24. The Balaban J connectivity index is 2.10. The summed E-state index contributed by atoms with van der Waals surface area (Å²) in [7, 11) is 1.72. The van der Waals surface area contributed by atoms with E-state index in [0.29, 0.717) is 12.2 Å². The molecule has 1 heterocycles. The minimum atomic E-state index is -2.57. The van der Waals surface area contributed by atoms with Crippen LogP contribution in [-0.4, -0.2) is 29.0 Å². The van der Waals surface area contributed by atoms with Crippen molar-refractivity contribution >= 4 is 5.82 Å². The Labute approximate surface area is 97.9 Å². The molecule has 4 nitrogen and oxygen atoms in total. The molecular weight excluding hydrogens is 226 g/mol. The van der Waals surface area contributed by atoms with Crippen LogP contribution in [0.5, 0.6) is 0 Å². The predicted octanol–water partition coefficient (Wildman–Crippen LogP) is 1.97. The second-order valence-corrected chi connectivity index (χ2v) is 4.24. The van der Waals surface area contributed by atoms with Gasteiger partial charge < -0.3 is 4.90 Å². The van der Waals surface area contributed by atoms with Gasteiger partial charge in [0, 0.05) is 25.9 Å². The van der Waals surface area contributed by atoms with Gasteiger partial charge in [0.15, 0.2) is 5.69 Å². The third kappa shape index (κ3) is 2.49. The normalized spacial score (nSPS) is 22.1. The minimum Gasteiger partial charge on any atom is -0.355 e. The summed E-state index contributed by atoms with van der Waals surface area (Å²) < 4.78 is 26.2. The van der Waals surface area contributed by atoms with Crippen molar-refractivity contribution in [3.05, 3.63) is 18.1 Å². The van der Waals surface area contributed by atoms with E-state index in [2.05, 4.69) is 9.97 Å². The molecule has 1 fully saturated rings. The van der Waals surface area contributed by atoms with E-state index in [1.54, 1.807) is 11.9 Å². The van der Waals surface area contributed by atoms with Crippen LogP contribution >= 0.6 is 0 Å². The summed E-state index contributed by atoms with van der Waals surface area (Å²) in [5.74, 6) is -2.05. The number of hydrogen-bond acceptors (Lipinski definition) is 4. The maximum Gasteiger partial charge on any atom is 0.250 e. The van der Waals surface area contributed by atoms with Gasteiger partial charge in [0.1, 0.15) is 11.9 Å². The lowest BCUT2D eigenvalue weighted by Gasteiger charge is -2.24. The molecule has 0 aliphatic heterocycles. The van der Waals surface area contributed by atoms with E-state index >= 15 is 0 Å². The van der Waals surface area contributed by atoms with Crippen LogP contribution in [0.1, 0.15) is 25.0 Å². The van der Waals surface area contributed by atoms with Crippen LogP contribution < -0.4 is 4.90 Å². The second-order valence-electron chi connectivity index (χ2n) is 4.24. The quantitative estimate of drug-likeness (QED) is 0.790. The highest BCUT2D eigenvalue weighted by Gasteiger charge is 2.41. The topological polar surface area (TPSA) is 52.8 Å². The Kier molecular flexibility index (Phi) is 2.92. The molecule has 90 valence electrons. The van der Waals surface area contributed by atoms with Crippen LogP contribution in [0.3, 0.4) is 0 Å². The number of nitrogens with zero attached hydrogens (tertiary/aromatic N) is 4. The highest BCUT2D eigenvalue weighted by molar-refractivity contribution is 5.38. The Morgan fingerprint density at radius 2 is 2.24 bits per heavy atom. The molecule has 1 aliphatic carbocycles. The highest BCUT2D eigenvalue weighted by atomic mass is 19.3. The van der Waals surface area contributed by atoms with Crippen LogP contribution in [-0.2, 0) is 0 Å². The molecule has 0 radical (unpaired) electrons. The average molecular weight is 238 g/mol. The molecule has 1 atom stereocenters. The molecule has 2 rings (SSSR count). The van der Waals surface area contributed by atoms with Gasteiger partial charge in [-0.3, -0.25) is 0 Å². The van der Waals surface area contributed by atoms with Crippen molar-refractivity contribution in [2.75, 3.05) is 11.9 Å². The maximum absolute atomic E-state index is 13.1. The van der Waals surface area contributed by atoms with Gasteiger partial charge in [-0.2, -0.15) is 5.26 Å². The first-order chi connectivity index (χ1) is 8.02. The number of nitriles is 1. The molecule has 0 amide bonds. The lowest BCUT2D eigenvalue weighted by atomic mass is 10.2. The van der Waals surface area contributed by atoms with Crippen molar-refractivity contribution in [3.8, 4) is 6.07 Å². The van der Waals surface area contributed by atoms with Crippen LogP contribution in [0.15, 0.2) is 12.4 Å². The van der Waals surface area contributed by atoms with Crippen molar-refractivity contribution < 1.29 is 8.78 Å². The Hall–Kier alpha value is -1.77. The van der Waals surface area contributed by atoms with E-state index < -0.39 is 5.92 Å². The van der Waals surface area contributed by atoms with E-state index in [1.807, 2.05) is 6.07 Å². The molecule has 0 spiro atoms. The molecule has 0 aromatic carbocycles. The number of anilines is 1. The molecule has 0 N–H and O–H groups in total. The van der Waals surface area contributed by atoms with Gasteiger partial charge in [-0.25, -0.2) is 18.7 Å². The SMILES string of the molecule is CN(c1cnc(C#N)cn1)C1CCC(F)(F)C1. The molecule has 1 unspecified atom stereocenters. The van der Waals surface area contributed by atoms with Crippen molar-refractivity contribution in [3.63, 3.8) is 0 Å². The van der Waals surface area contributed by atoms with Gasteiger partial charge in [0.2, 0.25) is 5.92 Å². The summed E-state index contributed by atoms with van der Waals surface area (Å²) in [6, 6.07) is 1.65. The van der Waals surface area contributed by atoms with Gasteiger partial charge >= 0.3 is 0 Å². The smallest absolute Gasteiger partial charge is 0.250 e. The van der Waals surface area contributed by atoms with Crippen molar-refractivity contribution in [1.82, 2.24) is 9.97 Å². The van der Waals surface area contributed by atoms with E-state index in [1.165, 1.54) is 12.4 Å². The number of alkyl halides is 2. The maximum atomic E-state index is 13.1. The van der Waals surface area contributed by atoms with Gasteiger partial charge in [-0.05, 0) is 6.42 Å². The zero-order valence-corrected chi connectivity index (χ0v) is 9.40. The lowest BCUT2D eigenvalue weighted by Crippen LogP contribution is -2.31. The first-order valence-corrected chi connectivity index (χ1v) is 5.35. The standard InChI is InChI=1S/C11H12F2N4/c1-17(9-2-3-11(12,13)4-9)10-7-15-8(5-14)6-16-10/h6-7,9H,2-4H2,1H3. The first kappa shape index (κ1) is 11.7. The van der Waals surface area contributed by atoms with E-state index in [-0.39, 0.29) is 24.6 Å². The fraction of sp³-hybridized carbons (Fsp3) is 0.545. The first-order valence-electron chi connectivity index (χ1n) is 5.35. The van der Waals surface area contributed by atoms with Crippen molar-refractivity contribution in [2.45, 2.75) is 31.2 Å². The summed E-state index contributed by atoms with van der Waals surface area (Å²) in [6.07, 6.45) is 3.01. The average Bonchev–Trinajstić information content (AvgIpc) is 2.69. The van der Waals surface area contributed by atoms with E-state index in [0.717, 1.165) is 0 Å². The number of hydrogen-bond donors (Lipinski definition) is 0. The monoisotopic (exact) mass is 238 g/mol. The number of halogens is 2. The Bertz CT molecular complexity index is 438. The van der Waals surface area contributed by atoms with Crippen LogP contribution in [0, 0.1) is 11.3 Å². The molecule has 1 aromatic rings. The summed E-state index contributed by atoms with van der Waals surface area (Å²) in [6.45, 7) is 0. The van der Waals surface area contributed by atoms with Gasteiger partial charge in [0.25, 0.3) is 0 Å². The predicted molar refractivity (Wildman–Crippen MR) is 57.7 cm³/mol. The summed E-state index contributed by atoms with van der Waals surface area (Å²) in [5.41, 5.74) is 0.221. The van der Waals surface area contributed by atoms with E-state index in [9.17, 15) is 8.78 Å². The number of rotatable bonds is 2. The Morgan fingerprint density at radius 1 is 1.47 bits per heavy atom. The molecule has 1 aliphatic rings. The van der Waals surface area contributed by atoms with E-state index in [4.69, 9.17) is 5.26 Å². The minimum absolute atomic E-state index is 0.0777. The van der Waals surface area contributed by atoms with Gasteiger partial charge in [0.05, 0.1) is 12.4 Å². The molecule has 1 saturated carbocycles. The third-order valence-electron chi connectivity index (χ3n) is 3.04. The molecule has 0 bridgehead atoms.